The van der Waals surface area contributed by atoms with E-state index in [-0.39, 0.29) is 22.7 Å². The Kier molecular flexibility index (Phi) is 2.57. The lowest BCUT2D eigenvalue weighted by Crippen LogP contribution is -2.07. The lowest BCUT2D eigenvalue weighted by atomic mass is 10.2. The molecule has 2 heterocycles. The molecule has 0 unspecified atom stereocenters. The summed E-state index contributed by atoms with van der Waals surface area (Å²) in [5.74, 6) is 0.291. The minimum atomic E-state index is -0.277. The number of aromatic hydroxyl groups is 1. The van der Waals surface area contributed by atoms with E-state index in [1.807, 2.05) is 0 Å². The quantitative estimate of drug-likeness (QED) is 0.674. The topological polar surface area (TPSA) is 104 Å². The molecule has 2 aromatic heterocycles. The van der Waals surface area contributed by atoms with Crippen LogP contribution in [0.2, 0.25) is 0 Å². The molecule has 2 N–H and O–H groups in total. The van der Waals surface area contributed by atoms with Crippen molar-refractivity contribution in [2.24, 2.45) is 4.99 Å². The molecule has 0 aliphatic heterocycles. The normalized spacial score (nSPS) is 11.4. The summed E-state index contributed by atoms with van der Waals surface area (Å²) in [5.41, 5.74) is 0.384. The first-order valence-electron chi connectivity index (χ1n) is 5.38. The monoisotopic (exact) mass is 256 g/mol. The Hall–Kier alpha value is -2.96. The minimum Gasteiger partial charge on any atom is -0.508 e. The van der Waals surface area contributed by atoms with E-state index in [9.17, 15) is 9.90 Å². The second-order valence-electron chi connectivity index (χ2n) is 3.77. The van der Waals surface area contributed by atoms with Gasteiger partial charge in [0.25, 0.3) is 0 Å². The molecule has 3 aromatic rings. The van der Waals surface area contributed by atoms with Gasteiger partial charge in [-0.15, -0.1) is 0 Å². The van der Waals surface area contributed by atoms with Gasteiger partial charge in [0.05, 0.1) is 10.9 Å². The summed E-state index contributed by atoms with van der Waals surface area (Å²) in [5, 5.41) is 15.9. The maximum absolute atomic E-state index is 12.1. The molecule has 0 aliphatic carbocycles. The van der Waals surface area contributed by atoms with Gasteiger partial charge in [0.2, 0.25) is 11.4 Å². The van der Waals surface area contributed by atoms with E-state index >= 15 is 0 Å². The van der Waals surface area contributed by atoms with Crippen LogP contribution in [0.1, 0.15) is 5.56 Å². The number of nitrogens with one attached hydrogen (secondary N) is 1. The highest BCUT2D eigenvalue weighted by molar-refractivity contribution is 5.87. The first-order chi connectivity index (χ1) is 9.24. The molecule has 7 nitrogen and oxygen atoms in total. The number of nitrogens with zero attached hydrogens (tertiary/aromatic N) is 3. The minimum absolute atomic E-state index is 0.00382. The van der Waals surface area contributed by atoms with Gasteiger partial charge in [-0.3, -0.25) is 4.79 Å². The van der Waals surface area contributed by atoms with E-state index in [1.165, 1.54) is 37.0 Å². The number of phenolic OH excluding ortho intramolecular Hbond substituents is 1. The fraction of sp³-hybridized carbons (Fsp3) is 0. The Morgan fingerprint density at radius 2 is 2.32 bits per heavy atom. The first-order valence-corrected chi connectivity index (χ1v) is 5.38. The van der Waals surface area contributed by atoms with Crippen molar-refractivity contribution in [1.29, 1.82) is 0 Å². The van der Waals surface area contributed by atoms with E-state index in [0.717, 1.165) is 0 Å². The average molecular weight is 256 g/mol. The zero-order valence-corrected chi connectivity index (χ0v) is 9.57. The Bertz CT molecular complexity index is 805. The molecule has 19 heavy (non-hydrogen) atoms. The number of hydrogen-bond donors (Lipinski definition) is 2. The Labute approximate surface area is 106 Å². The van der Waals surface area contributed by atoms with Crippen LogP contribution in [0.15, 0.2) is 45.0 Å². The van der Waals surface area contributed by atoms with Gasteiger partial charge >= 0.3 is 0 Å². The molecule has 0 spiro atoms. The number of hydrogen-bond acceptors (Lipinski definition) is 6. The number of aliphatic imine (C=N–C) groups is 1. The molecular weight excluding hydrogens is 248 g/mol. The molecule has 1 aromatic carbocycles. The first kappa shape index (κ1) is 11.1. The second-order valence-corrected chi connectivity index (χ2v) is 3.77. The SMILES string of the molecule is O=c1c(/C=N/c2ncn[nH]2)coc2ccc(O)cc12. The molecule has 0 amide bonds. The van der Waals surface area contributed by atoms with Gasteiger partial charge < -0.3 is 9.52 Å². The van der Waals surface area contributed by atoms with Gasteiger partial charge in [0, 0.05) is 6.21 Å². The summed E-state index contributed by atoms with van der Waals surface area (Å²) in [6.07, 6.45) is 3.95. The molecule has 0 atom stereocenters. The average Bonchev–Trinajstić information content (AvgIpc) is 2.92. The van der Waals surface area contributed by atoms with Crippen LogP contribution in [0.25, 0.3) is 11.0 Å². The molecular formula is C12H8N4O3. The standard InChI is InChI=1S/C12H8N4O3/c17-8-1-2-10-9(3-8)11(18)7(5-19-10)4-13-12-14-6-15-16-12/h1-6,17H,(H,14,15,16)/b13-4+. The van der Waals surface area contributed by atoms with Crippen LogP contribution in [0.4, 0.5) is 5.95 Å². The van der Waals surface area contributed by atoms with E-state index < -0.39 is 0 Å². The van der Waals surface area contributed by atoms with Crippen molar-refractivity contribution in [2.45, 2.75) is 0 Å². The predicted octanol–water partition coefficient (Wildman–Crippen LogP) is 1.37. The van der Waals surface area contributed by atoms with E-state index in [2.05, 4.69) is 20.2 Å². The highest BCUT2D eigenvalue weighted by atomic mass is 16.3. The highest BCUT2D eigenvalue weighted by Gasteiger charge is 2.06. The van der Waals surface area contributed by atoms with Crippen molar-refractivity contribution in [3.8, 4) is 5.75 Å². The van der Waals surface area contributed by atoms with Gasteiger partial charge in [0.15, 0.2) is 0 Å². The summed E-state index contributed by atoms with van der Waals surface area (Å²) < 4.78 is 5.30. The number of benzene rings is 1. The van der Waals surface area contributed by atoms with Crippen molar-refractivity contribution in [1.82, 2.24) is 15.2 Å². The molecule has 0 radical (unpaired) electrons. The smallest absolute Gasteiger partial charge is 0.245 e. The number of H-pyrrole nitrogens is 1. The van der Waals surface area contributed by atoms with Crippen LogP contribution in [-0.2, 0) is 0 Å². The number of aromatic nitrogens is 3. The third-order valence-corrected chi connectivity index (χ3v) is 2.51. The van der Waals surface area contributed by atoms with E-state index in [1.54, 1.807) is 0 Å². The number of aromatic amines is 1. The van der Waals surface area contributed by atoms with Crippen LogP contribution in [0.3, 0.4) is 0 Å². The Morgan fingerprint density at radius 3 is 3.11 bits per heavy atom. The van der Waals surface area contributed by atoms with Crippen LogP contribution in [0, 0.1) is 0 Å². The molecule has 0 aliphatic rings. The third kappa shape index (κ3) is 2.08. The maximum atomic E-state index is 12.1. The fourth-order valence-corrected chi connectivity index (χ4v) is 1.62. The van der Waals surface area contributed by atoms with Crippen LogP contribution < -0.4 is 5.43 Å². The summed E-state index contributed by atoms with van der Waals surface area (Å²) in [7, 11) is 0. The maximum Gasteiger partial charge on any atom is 0.245 e. The zero-order chi connectivity index (χ0) is 13.2. The summed E-state index contributed by atoms with van der Waals surface area (Å²) in [4.78, 5) is 19.9. The Balaban J connectivity index is 2.10. The fourth-order valence-electron chi connectivity index (χ4n) is 1.62. The van der Waals surface area contributed by atoms with Crippen molar-refractivity contribution in [3.05, 3.63) is 46.6 Å². The van der Waals surface area contributed by atoms with Crippen molar-refractivity contribution < 1.29 is 9.52 Å². The summed E-state index contributed by atoms with van der Waals surface area (Å²) in [6.45, 7) is 0. The van der Waals surface area contributed by atoms with Crippen molar-refractivity contribution in [2.75, 3.05) is 0 Å². The van der Waals surface area contributed by atoms with Gasteiger partial charge in [0.1, 0.15) is 23.9 Å². The largest absolute Gasteiger partial charge is 0.508 e. The predicted molar refractivity (Wildman–Crippen MR) is 67.8 cm³/mol. The van der Waals surface area contributed by atoms with E-state index in [0.29, 0.717) is 11.0 Å². The molecule has 7 heteroatoms. The number of phenols is 1. The summed E-state index contributed by atoms with van der Waals surface area (Å²) in [6, 6.07) is 4.34. The van der Waals surface area contributed by atoms with Crippen LogP contribution >= 0.6 is 0 Å². The third-order valence-electron chi connectivity index (χ3n) is 2.51. The molecule has 3 rings (SSSR count). The van der Waals surface area contributed by atoms with Crippen molar-refractivity contribution >= 4 is 23.1 Å². The van der Waals surface area contributed by atoms with Crippen molar-refractivity contribution in [3.63, 3.8) is 0 Å². The molecule has 0 fully saturated rings. The van der Waals surface area contributed by atoms with Gasteiger partial charge in [-0.05, 0) is 18.2 Å². The number of rotatable bonds is 2. The lowest BCUT2D eigenvalue weighted by molar-refractivity contribution is 0.475. The molecule has 0 saturated carbocycles. The van der Waals surface area contributed by atoms with Crippen LogP contribution in [-0.4, -0.2) is 26.5 Å². The van der Waals surface area contributed by atoms with E-state index in [4.69, 9.17) is 4.42 Å². The van der Waals surface area contributed by atoms with Gasteiger partial charge in [-0.1, -0.05) is 0 Å². The van der Waals surface area contributed by atoms with Crippen LogP contribution in [0.5, 0.6) is 5.75 Å². The molecule has 0 bridgehead atoms. The highest BCUT2D eigenvalue weighted by Crippen LogP contribution is 2.17. The lowest BCUT2D eigenvalue weighted by Gasteiger charge is -1.98. The second kappa shape index (κ2) is 4.37. The summed E-state index contributed by atoms with van der Waals surface area (Å²) >= 11 is 0. The molecule has 94 valence electrons. The number of fused-ring (bicyclic) bond motifs is 1. The molecule has 0 saturated heterocycles. The van der Waals surface area contributed by atoms with Gasteiger partial charge in [-0.2, -0.15) is 10.1 Å². The Morgan fingerprint density at radius 1 is 1.42 bits per heavy atom. The van der Waals surface area contributed by atoms with Gasteiger partial charge in [-0.25, -0.2) is 10.1 Å². The zero-order valence-electron chi connectivity index (χ0n) is 9.57.